The standard InChI is InChI=1S/C27H21ClF5N5O4/c1-13(39)12-38-22(14(2)19-10-17(29)3-4-20(19)28)23(36-24(38)26(41)35-11-21-34-5-6-42-21)37-25(40)15-7-16(27(31,32)33)9-18(30)8-15/h3-10,14H,11-12H2,1-2H3,(H,35,41)(H,37,40)/t14-/m0/s1. The normalized spacial score (nSPS) is 12.2. The Morgan fingerprint density at radius 1 is 1.07 bits per heavy atom. The van der Waals surface area contributed by atoms with E-state index in [2.05, 4.69) is 20.6 Å². The number of ketones is 1. The summed E-state index contributed by atoms with van der Waals surface area (Å²) in [6.07, 6.45) is -2.31. The Kier molecular flexibility index (Phi) is 8.75. The summed E-state index contributed by atoms with van der Waals surface area (Å²) in [5.74, 6) is -5.96. The number of halogens is 6. The fourth-order valence-electron chi connectivity index (χ4n) is 4.19. The third-order valence-electron chi connectivity index (χ3n) is 6.03. The van der Waals surface area contributed by atoms with Crippen molar-refractivity contribution >= 4 is 35.0 Å². The fraction of sp³-hybridized carbons (Fsp3) is 0.222. The Labute approximate surface area is 239 Å². The molecule has 2 heterocycles. The van der Waals surface area contributed by atoms with E-state index in [0.29, 0.717) is 12.1 Å². The average molecular weight is 610 g/mol. The smallest absolute Gasteiger partial charge is 0.416 e. The lowest BCUT2D eigenvalue weighted by atomic mass is 9.96. The highest BCUT2D eigenvalue weighted by Crippen LogP contribution is 2.36. The molecule has 0 bridgehead atoms. The van der Waals surface area contributed by atoms with Crippen molar-refractivity contribution in [1.82, 2.24) is 19.9 Å². The van der Waals surface area contributed by atoms with Gasteiger partial charge in [0, 0.05) is 16.5 Å². The molecule has 1 atom stereocenters. The summed E-state index contributed by atoms with van der Waals surface area (Å²) >= 11 is 6.31. The van der Waals surface area contributed by atoms with Gasteiger partial charge >= 0.3 is 6.18 Å². The van der Waals surface area contributed by atoms with Crippen LogP contribution in [0, 0.1) is 11.6 Å². The third kappa shape index (κ3) is 6.82. The molecule has 2 amide bonds. The lowest BCUT2D eigenvalue weighted by molar-refractivity contribution is -0.137. The first-order valence-corrected chi connectivity index (χ1v) is 12.5. The predicted molar refractivity (Wildman–Crippen MR) is 139 cm³/mol. The Bertz CT molecular complexity index is 1650. The van der Waals surface area contributed by atoms with Gasteiger partial charge < -0.3 is 19.6 Å². The van der Waals surface area contributed by atoms with Crippen molar-refractivity contribution in [3.63, 3.8) is 0 Å². The van der Waals surface area contributed by atoms with Crippen molar-refractivity contribution in [3.05, 3.63) is 99.6 Å². The highest BCUT2D eigenvalue weighted by atomic mass is 35.5. The molecule has 2 aromatic carbocycles. The van der Waals surface area contributed by atoms with Crippen LogP contribution in [0.25, 0.3) is 0 Å². The minimum absolute atomic E-state index is 0.000212. The molecule has 0 saturated carbocycles. The van der Waals surface area contributed by atoms with Gasteiger partial charge in [-0.05, 0) is 48.9 Å². The number of carbonyl (C=O) groups is 3. The van der Waals surface area contributed by atoms with Gasteiger partial charge in [-0.1, -0.05) is 18.5 Å². The number of nitrogens with one attached hydrogen (secondary N) is 2. The molecular formula is C27H21ClF5N5O4. The summed E-state index contributed by atoms with van der Waals surface area (Å²) in [5, 5.41) is 4.92. The van der Waals surface area contributed by atoms with Crippen LogP contribution >= 0.6 is 11.6 Å². The molecule has 0 spiro atoms. The Morgan fingerprint density at radius 2 is 1.81 bits per heavy atom. The van der Waals surface area contributed by atoms with Crippen LogP contribution in [0.5, 0.6) is 0 Å². The largest absolute Gasteiger partial charge is 0.447 e. The maximum absolute atomic E-state index is 14.2. The Balaban J connectivity index is 1.83. The number of hydrogen-bond donors (Lipinski definition) is 2. The van der Waals surface area contributed by atoms with Crippen molar-refractivity contribution in [3.8, 4) is 0 Å². The number of oxazole rings is 1. The van der Waals surface area contributed by atoms with E-state index in [1.54, 1.807) is 0 Å². The van der Waals surface area contributed by atoms with Gasteiger partial charge in [0.15, 0.2) is 5.82 Å². The zero-order valence-electron chi connectivity index (χ0n) is 21.9. The zero-order chi connectivity index (χ0) is 30.8. The molecule has 0 fully saturated rings. The number of rotatable bonds is 9. The quantitative estimate of drug-likeness (QED) is 0.234. The van der Waals surface area contributed by atoms with Crippen LogP contribution in [-0.4, -0.2) is 32.1 Å². The van der Waals surface area contributed by atoms with E-state index in [1.165, 1.54) is 36.9 Å². The van der Waals surface area contributed by atoms with E-state index in [-0.39, 0.29) is 46.4 Å². The molecule has 42 heavy (non-hydrogen) atoms. The van der Waals surface area contributed by atoms with Crippen molar-refractivity contribution in [1.29, 1.82) is 0 Å². The molecule has 220 valence electrons. The second-order valence-corrected chi connectivity index (χ2v) is 9.54. The third-order valence-corrected chi connectivity index (χ3v) is 6.37. The maximum Gasteiger partial charge on any atom is 0.416 e. The summed E-state index contributed by atoms with van der Waals surface area (Å²) in [7, 11) is 0. The van der Waals surface area contributed by atoms with Crippen molar-refractivity contribution in [2.75, 3.05) is 5.32 Å². The second kappa shape index (κ2) is 12.1. The summed E-state index contributed by atoms with van der Waals surface area (Å²) in [6.45, 7) is 2.14. The average Bonchev–Trinajstić information content (AvgIpc) is 3.55. The van der Waals surface area contributed by atoms with Crippen molar-refractivity contribution in [2.24, 2.45) is 0 Å². The van der Waals surface area contributed by atoms with Gasteiger partial charge in [-0.3, -0.25) is 14.4 Å². The number of hydrogen-bond acceptors (Lipinski definition) is 6. The molecule has 4 aromatic rings. The number of Topliss-reactive ketones (excluding diaryl/α,β-unsaturated/α-hetero) is 1. The maximum atomic E-state index is 14.2. The van der Waals surface area contributed by atoms with Crippen LogP contribution in [0.15, 0.2) is 53.3 Å². The minimum Gasteiger partial charge on any atom is -0.447 e. The lowest BCUT2D eigenvalue weighted by Gasteiger charge is -2.19. The molecule has 9 nitrogen and oxygen atoms in total. The molecule has 2 aromatic heterocycles. The van der Waals surface area contributed by atoms with E-state index < -0.39 is 59.0 Å². The van der Waals surface area contributed by atoms with Gasteiger partial charge in [0.1, 0.15) is 23.7 Å². The van der Waals surface area contributed by atoms with Crippen LogP contribution in [-0.2, 0) is 24.1 Å². The molecule has 0 aliphatic rings. The summed E-state index contributed by atoms with van der Waals surface area (Å²) in [6, 6.07) is 4.76. The predicted octanol–water partition coefficient (Wildman–Crippen LogP) is 5.74. The van der Waals surface area contributed by atoms with Crippen LogP contribution in [0.4, 0.5) is 27.8 Å². The highest BCUT2D eigenvalue weighted by Gasteiger charge is 2.33. The molecule has 2 N–H and O–H groups in total. The highest BCUT2D eigenvalue weighted by molar-refractivity contribution is 6.31. The number of anilines is 1. The lowest BCUT2D eigenvalue weighted by Crippen LogP contribution is -2.28. The van der Waals surface area contributed by atoms with E-state index >= 15 is 0 Å². The van der Waals surface area contributed by atoms with Crippen molar-refractivity contribution in [2.45, 2.75) is 39.0 Å². The van der Waals surface area contributed by atoms with E-state index in [1.807, 2.05) is 0 Å². The number of benzene rings is 2. The molecule has 0 aliphatic heterocycles. The summed E-state index contributed by atoms with van der Waals surface area (Å²) < 4.78 is 74.3. The number of carbonyl (C=O) groups excluding carboxylic acids is 3. The molecule has 15 heteroatoms. The number of alkyl halides is 3. The molecule has 0 unspecified atom stereocenters. The van der Waals surface area contributed by atoms with Crippen LogP contribution in [0.1, 0.15) is 63.5 Å². The first-order chi connectivity index (χ1) is 19.7. The number of aromatic nitrogens is 3. The summed E-state index contributed by atoms with van der Waals surface area (Å²) in [5.41, 5.74) is -1.91. The number of nitrogens with zero attached hydrogens (tertiary/aromatic N) is 3. The van der Waals surface area contributed by atoms with Gasteiger partial charge in [0.2, 0.25) is 11.7 Å². The monoisotopic (exact) mass is 609 g/mol. The van der Waals surface area contributed by atoms with E-state index in [9.17, 15) is 36.3 Å². The van der Waals surface area contributed by atoms with Gasteiger partial charge in [0.05, 0.1) is 30.5 Å². The molecule has 0 radical (unpaired) electrons. The van der Waals surface area contributed by atoms with Gasteiger partial charge in [-0.15, -0.1) is 0 Å². The summed E-state index contributed by atoms with van der Waals surface area (Å²) in [4.78, 5) is 46.6. The molecular weight excluding hydrogens is 589 g/mol. The Hall–Kier alpha value is -4.59. The number of amides is 2. The van der Waals surface area contributed by atoms with Crippen LogP contribution in [0.3, 0.4) is 0 Å². The van der Waals surface area contributed by atoms with Gasteiger partial charge in [-0.2, -0.15) is 13.2 Å². The van der Waals surface area contributed by atoms with Crippen molar-refractivity contribution < 1.29 is 40.8 Å². The molecule has 0 saturated heterocycles. The van der Waals surface area contributed by atoms with Gasteiger partial charge in [-0.25, -0.2) is 18.7 Å². The van der Waals surface area contributed by atoms with Crippen LogP contribution < -0.4 is 10.6 Å². The topological polar surface area (TPSA) is 119 Å². The van der Waals surface area contributed by atoms with Gasteiger partial charge in [0.25, 0.3) is 11.8 Å². The van der Waals surface area contributed by atoms with Crippen LogP contribution in [0.2, 0.25) is 5.02 Å². The number of imidazole rings is 1. The Morgan fingerprint density at radius 3 is 2.45 bits per heavy atom. The molecule has 4 rings (SSSR count). The minimum atomic E-state index is -4.94. The first kappa shape index (κ1) is 30.4. The van der Waals surface area contributed by atoms with E-state index in [4.69, 9.17) is 16.0 Å². The fourth-order valence-corrected chi connectivity index (χ4v) is 4.47. The molecule has 0 aliphatic carbocycles. The second-order valence-electron chi connectivity index (χ2n) is 9.13. The zero-order valence-corrected chi connectivity index (χ0v) is 22.6. The first-order valence-electron chi connectivity index (χ1n) is 12.1. The van der Waals surface area contributed by atoms with E-state index in [0.717, 1.165) is 12.1 Å². The SMILES string of the molecule is CC(=O)Cn1c(C(=O)NCc2ncco2)nc(NC(=O)c2cc(F)cc(C(F)(F)F)c2)c1[C@@H](C)c1cc(F)ccc1Cl.